The van der Waals surface area contributed by atoms with Crippen LogP contribution < -0.4 is 10.5 Å². The first-order chi connectivity index (χ1) is 9.20. The minimum Gasteiger partial charge on any atom is -0.493 e. The van der Waals surface area contributed by atoms with Crippen molar-refractivity contribution in [3.8, 4) is 16.9 Å². The Morgan fingerprint density at radius 2 is 2.16 bits per heavy atom. The lowest BCUT2D eigenvalue weighted by molar-refractivity contribution is 0.353. The summed E-state index contributed by atoms with van der Waals surface area (Å²) in [7, 11) is 0. The maximum atomic E-state index is 14.2. The van der Waals surface area contributed by atoms with Crippen molar-refractivity contribution >= 4 is 15.9 Å². The molecule has 0 amide bonds. The molecule has 1 heterocycles. The van der Waals surface area contributed by atoms with Gasteiger partial charge in [-0.2, -0.15) is 0 Å². The third kappa shape index (κ3) is 2.15. The first kappa shape index (κ1) is 12.6. The summed E-state index contributed by atoms with van der Waals surface area (Å²) in [5, 5.41) is 0. The van der Waals surface area contributed by atoms with E-state index in [1.165, 1.54) is 0 Å². The van der Waals surface area contributed by atoms with Gasteiger partial charge in [-0.3, -0.25) is 0 Å². The molecule has 2 N–H and O–H groups in total. The van der Waals surface area contributed by atoms with Crippen LogP contribution in [0.4, 0.5) is 4.39 Å². The van der Waals surface area contributed by atoms with Crippen molar-refractivity contribution in [1.82, 2.24) is 0 Å². The molecule has 0 bridgehead atoms. The van der Waals surface area contributed by atoms with Gasteiger partial charge in [-0.05, 0) is 45.3 Å². The molecule has 0 radical (unpaired) electrons. The molecule has 98 valence electrons. The molecule has 2 aromatic carbocycles. The summed E-state index contributed by atoms with van der Waals surface area (Å²) in [5.74, 6) is 0.631. The SMILES string of the molecule is NCc1cc(-c2cccc(Br)c2F)cc2c1OCC2. The van der Waals surface area contributed by atoms with Gasteiger partial charge in [0.05, 0.1) is 11.1 Å². The predicted molar refractivity (Wildman–Crippen MR) is 76.6 cm³/mol. The van der Waals surface area contributed by atoms with Gasteiger partial charge in [0.2, 0.25) is 0 Å². The zero-order chi connectivity index (χ0) is 13.4. The van der Waals surface area contributed by atoms with Crippen molar-refractivity contribution in [2.45, 2.75) is 13.0 Å². The van der Waals surface area contributed by atoms with Gasteiger partial charge in [-0.1, -0.05) is 12.1 Å². The summed E-state index contributed by atoms with van der Waals surface area (Å²) in [6, 6.07) is 9.20. The topological polar surface area (TPSA) is 35.2 Å². The van der Waals surface area contributed by atoms with Crippen LogP contribution in [0.1, 0.15) is 11.1 Å². The summed E-state index contributed by atoms with van der Waals surface area (Å²) in [6.07, 6.45) is 0.853. The second-order valence-corrected chi connectivity index (χ2v) is 5.38. The summed E-state index contributed by atoms with van der Waals surface area (Å²) in [5.41, 5.74) is 9.23. The zero-order valence-corrected chi connectivity index (χ0v) is 11.8. The molecule has 0 aliphatic carbocycles. The largest absolute Gasteiger partial charge is 0.493 e. The van der Waals surface area contributed by atoms with E-state index in [0.29, 0.717) is 23.2 Å². The number of nitrogens with two attached hydrogens (primary N) is 1. The van der Waals surface area contributed by atoms with Gasteiger partial charge in [0.25, 0.3) is 0 Å². The molecule has 1 aliphatic rings. The lowest BCUT2D eigenvalue weighted by atomic mass is 9.98. The first-order valence-corrected chi connectivity index (χ1v) is 6.93. The van der Waals surface area contributed by atoms with E-state index in [0.717, 1.165) is 28.9 Å². The van der Waals surface area contributed by atoms with E-state index in [1.807, 2.05) is 18.2 Å². The smallest absolute Gasteiger partial charge is 0.145 e. The standard InChI is InChI=1S/C15H13BrFNO/c16-13-3-1-2-12(14(13)17)10-6-9-4-5-19-15(9)11(7-10)8-18/h1-3,6-7H,4-5,8,18H2. The number of hydrogen-bond donors (Lipinski definition) is 1. The van der Waals surface area contributed by atoms with Crippen LogP contribution in [0.5, 0.6) is 5.75 Å². The maximum absolute atomic E-state index is 14.2. The molecule has 0 fully saturated rings. The minimum atomic E-state index is -0.246. The molecule has 0 unspecified atom stereocenters. The number of halogens is 2. The second kappa shape index (κ2) is 4.94. The van der Waals surface area contributed by atoms with Gasteiger partial charge >= 0.3 is 0 Å². The molecule has 2 nitrogen and oxygen atoms in total. The number of fused-ring (bicyclic) bond motifs is 1. The fraction of sp³-hybridized carbons (Fsp3) is 0.200. The Kier molecular flexibility index (Phi) is 3.29. The van der Waals surface area contributed by atoms with Crippen molar-refractivity contribution < 1.29 is 9.13 Å². The highest BCUT2D eigenvalue weighted by Crippen LogP contribution is 2.36. The average Bonchev–Trinajstić information content (AvgIpc) is 2.89. The quantitative estimate of drug-likeness (QED) is 0.916. The molecule has 2 aromatic rings. The highest BCUT2D eigenvalue weighted by atomic mass is 79.9. The number of benzene rings is 2. The van der Waals surface area contributed by atoms with Crippen molar-refractivity contribution in [3.05, 3.63) is 51.7 Å². The Morgan fingerprint density at radius 3 is 2.95 bits per heavy atom. The van der Waals surface area contributed by atoms with Crippen molar-refractivity contribution in [1.29, 1.82) is 0 Å². The Balaban J connectivity index is 2.18. The van der Waals surface area contributed by atoms with E-state index in [2.05, 4.69) is 15.9 Å². The molecule has 1 aliphatic heterocycles. The highest BCUT2D eigenvalue weighted by Gasteiger charge is 2.19. The van der Waals surface area contributed by atoms with E-state index in [9.17, 15) is 4.39 Å². The third-order valence-electron chi connectivity index (χ3n) is 3.34. The van der Waals surface area contributed by atoms with E-state index >= 15 is 0 Å². The van der Waals surface area contributed by atoms with Crippen LogP contribution >= 0.6 is 15.9 Å². The van der Waals surface area contributed by atoms with Crippen LogP contribution in [0, 0.1) is 5.82 Å². The fourth-order valence-electron chi connectivity index (χ4n) is 2.42. The van der Waals surface area contributed by atoms with Gasteiger partial charge in [-0.25, -0.2) is 4.39 Å². The monoisotopic (exact) mass is 321 g/mol. The van der Waals surface area contributed by atoms with Crippen molar-refractivity contribution in [3.63, 3.8) is 0 Å². The van der Waals surface area contributed by atoms with Crippen molar-refractivity contribution in [2.24, 2.45) is 5.73 Å². The number of hydrogen-bond acceptors (Lipinski definition) is 2. The molecule has 0 aromatic heterocycles. The van der Waals surface area contributed by atoms with Crippen LogP contribution in [0.3, 0.4) is 0 Å². The summed E-state index contributed by atoms with van der Waals surface area (Å²) < 4.78 is 20.2. The molecule has 19 heavy (non-hydrogen) atoms. The summed E-state index contributed by atoms with van der Waals surface area (Å²) in [6.45, 7) is 1.07. The predicted octanol–water partition coefficient (Wildman–Crippen LogP) is 3.65. The van der Waals surface area contributed by atoms with Crippen LogP contribution in [0.15, 0.2) is 34.8 Å². The summed E-state index contributed by atoms with van der Waals surface area (Å²) >= 11 is 3.22. The van der Waals surface area contributed by atoms with E-state index in [-0.39, 0.29) is 5.82 Å². The van der Waals surface area contributed by atoms with Gasteiger partial charge in [0, 0.05) is 24.1 Å². The van der Waals surface area contributed by atoms with Gasteiger partial charge < -0.3 is 10.5 Å². The molecule has 0 saturated heterocycles. The van der Waals surface area contributed by atoms with Crippen molar-refractivity contribution in [2.75, 3.05) is 6.61 Å². The lowest BCUT2D eigenvalue weighted by Crippen LogP contribution is -2.00. The van der Waals surface area contributed by atoms with Crippen LogP contribution in [-0.4, -0.2) is 6.61 Å². The van der Waals surface area contributed by atoms with Gasteiger partial charge in [0.15, 0.2) is 0 Å². The van der Waals surface area contributed by atoms with Crippen LogP contribution in [-0.2, 0) is 13.0 Å². The lowest BCUT2D eigenvalue weighted by Gasteiger charge is -2.11. The normalized spacial score (nSPS) is 13.2. The van der Waals surface area contributed by atoms with Crippen LogP contribution in [0.2, 0.25) is 0 Å². The Labute approximate surface area is 119 Å². The van der Waals surface area contributed by atoms with E-state index < -0.39 is 0 Å². The number of ether oxygens (including phenoxy) is 1. The van der Waals surface area contributed by atoms with Crippen LogP contribution in [0.25, 0.3) is 11.1 Å². The molecule has 0 saturated carbocycles. The molecule has 4 heteroatoms. The Hall–Kier alpha value is -1.39. The molecule has 0 atom stereocenters. The van der Waals surface area contributed by atoms with E-state index in [1.54, 1.807) is 12.1 Å². The molecular weight excluding hydrogens is 309 g/mol. The highest BCUT2D eigenvalue weighted by molar-refractivity contribution is 9.10. The van der Waals surface area contributed by atoms with Gasteiger partial charge in [-0.15, -0.1) is 0 Å². The van der Waals surface area contributed by atoms with E-state index in [4.69, 9.17) is 10.5 Å². The second-order valence-electron chi connectivity index (χ2n) is 4.53. The zero-order valence-electron chi connectivity index (χ0n) is 10.2. The molecular formula is C15H13BrFNO. The minimum absolute atomic E-state index is 0.246. The Morgan fingerprint density at radius 1 is 1.32 bits per heavy atom. The first-order valence-electron chi connectivity index (χ1n) is 6.13. The molecule has 0 spiro atoms. The third-order valence-corrected chi connectivity index (χ3v) is 3.96. The molecule has 3 rings (SSSR count). The van der Waals surface area contributed by atoms with Gasteiger partial charge in [0.1, 0.15) is 11.6 Å². The maximum Gasteiger partial charge on any atom is 0.145 e. The number of rotatable bonds is 2. The fourth-order valence-corrected chi connectivity index (χ4v) is 2.79. The average molecular weight is 322 g/mol. The Bertz CT molecular complexity index is 642. The summed E-state index contributed by atoms with van der Waals surface area (Å²) in [4.78, 5) is 0.